The Morgan fingerprint density at radius 3 is 2.18 bits per heavy atom. The molecule has 0 aliphatic rings. The van der Waals surface area contributed by atoms with Crippen molar-refractivity contribution in [2.24, 2.45) is 5.73 Å². The van der Waals surface area contributed by atoms with Crippen LogP contribution >= 0.6 is 24.0 Å². The zero-order chi connectivity index (χ0) is 11.5. The predicted octanol–water partition coefficient (Wildman–Crippen LogP) is 4.03. The second-order valence-electron chi connectivity index (χ2n) is 3.56. The Bertz CT molecular complexity index is 477. The van der Waals surface area contributed by atoms with E-state index in [1.54, 1.807) is 6.07 Å². The smallest absolute Gasteiger partial charge is 0.125 e. The molecule has 0 aliphatic heterocycles. The lowest BCUT2D eigenvalue weighted by Crippen LogP contribution is -1.95. The highest BCUT2D eigenvalue weighted by molar-refractivity contribution is 6.30. The summed E-state index contributed by atoms with van der Waals surface area (Å²) in [6, 6.07) is 12.2. The van der Waals surface area contributed by atoms with E-state index in [2.05, 4.69) is 0 Å². The van der Waals surface area contributed by atoms with Gasteiger partial charge in [0, 0.05) is 11.6 Å². The molecule has 0 spiro atoms. The lowest BCUT2D eigenvalue weighted by molar-refractivity contribution is 0.628. The Balaban J connectivity index is 0.00000144. The Hall–Kier alpha value is -1.09. The highest BCUT2D eigenvalue weighted by Gasteiger charge is 2.02. The van der Waals surface area contributed by atoms with E-state index in [1.807, 2.05) is 24.3 Å². The van der Waals surface area contributed by atoms with Gasteiger partial charge >= 0.3 is 0 Å². The largest absolute Gasteiger partial charge is 0.326 e. The molecule has 0 atom stereocenters. The Kier molecular flexibility index (Phi) is 4.94. The van der Waals surface area contributed by atoms with E-state index >= 15 is 0 Å². The van der Waals surface area contributed by atoms with Gasteiger partial charge in [0.1, 0.15) is 5.82 Å². The molecule has 0 aliphatic carbocycles. The van der Waals surface area contributed by atoms with Gasteiger partial charge in [0.25, 0.3) is 0 Å². The maximum atomic E-state index is 13.2. The molecule has 0 radical (unpaired) electrons. The van der Waals surface area contributed by atoms with Crippen LogP contribution in [0.4, 0.5) is 4.39 Å². The van der Waals surface area contributed by atoms with Gasteiger partial charge in [-0.15, -0.1) is 12.4 Å². The molecule has 0 heterocycles. The van der Waals surface area contributed by atoms with Crippen molar-refractivity contribution in [3.05, 3.63) is 58.9 Å². The van der Waals surface area contributed by atoms with Gasteiger partial charge in [-0.25, -0.2) is 4.39 Å². The van der Waals surface area contributed by atoms with E-state index in [4.69, 9.17) is 17.3 Å². The zero-order valence-corrected chi connectivity index (χ0v) is 10.6. The number of hydrogen-bond donors (Lipinski definition) is 1. The number of rotatable bonds is 2. The standard InChI is InChI=1S/C13H11ClFN.ClH/c14-12-5-11(6-13(15)7-12)10-3-1-9(8-16)2-4-10;/h1-7H,8,16H2;1H. The fourth-order valence-electron chi connectivity index (χ4n) is 1.55. The van der Waals surface area contributed by atoms with Crippen molar-refractivity contribution in [3.8, 4) is 11.1 Å². The third-order valence-electron chi connectivity index (χ3n) is 2.39. The molecule has 2 aromatic rings. The first-order chi connectivity index (χ1) is 7.69. The fourth-order valence-corrected chi connectivity index (χ4v) is 1.78. The highest BCUT2D eigenvalue weighted by atomic mass is 35.5. The Morgan fingerprint density at radius 2 is 1.65 bits per heavy atom. The maximum Gasteiger partial charge on any atom is 0.125 e. The molecule has 2 rings (SSSR count). The van der Waals surface area contributed by atoms with Crippen LogP contribution < -0.4 is 5.73 Å². The molecule has 0 amide bonds. The number of halogens is 3. The molecular weight excluding hydrogens is 260 g/mol. The van der Waals surface area contributed by atoms with E-state index in [1.165, 1.54) is 12.1 Å². The van der Waals surface area contributed by atoms with Gasteiger partial charge < -0.3 is 5.73 Å². The molecule has 90 valence electrons. The van der Waals surface area contributed by atoms with Crippen molar-refractivity contribution in [2.45, 2.75) is 6.54 Å². The first-order valence-electron chi connectivity index (χ1n) is 4.94. The van der Waals surface area contributed by atoms with E-state index < -0.39 is 0 Å². The third kappa shape index (κ3) is 3.43. The summed E-state index contributed by atoms with van der Waals surface area (Å²) >= 11 is 5.80. The summed E-state index contributed by atoms with van der Waals surface area (Å²) in [5, 5.41) is 0.401. The summed E-state index contributed by atoms with van der Waals surface area (Å²) in [6.45, 7) is 0.504. The Morgan fingerprint density at radius 1 is 1.00 bits per heavy atom. The molecule has 0 bridgehead atoms. The van der Waals surface area contributed by atoms with E-state index in [9.17, 15) is 4.39 Å². The fraction of sp³-hybridized carbons (Fsp3) is 0.0769. The van der Waals surface area contributed by atoms with Crippen molar-refractivity contribution in [3.63, 3.8) is 0 Å². The minimum atomic E-state index is -0.328. The summed E-state index contributed by atoms with van der Waals surface area (Å²) in [6.07, 6.45) is 0. The van der Waals surface area contributed by atoms with Crippen LogP contribution in [0.1, 0.15) is 5.56 Å². The molecule has 4 heteroatoms. The van der Waals surface area contributed by atoms with Crippen LogP contribution in [0.5, 0.6) is 0 Å². The number of hydrogen-bond acceptors (Lipinski definition) is 1. The minimum Gasteiger partial charge on any atom is -0.326 e. The van der Waals surface area contributed by atoms with Crippen LogP contribution in [0.2, 0.25) is 5.02 Å². The van der Waals surface area contributed by atoms with Gasteiger partial charge in [-0.05, 0) is 34.9 Å². The van der Waals surface area contributed by atoms with Gasteiger partial charge in [0.05, 0.1) is 0 Å². The van der Waals surface area contributed by atoms with Crippen molar-refractivity contribution >= 4 is 24.0 Å². The molecule has 0 aromatic heterocycles. The van der Waals surface area contributed by atoms with Gasteiger partial charge in [-0.1, -0.05) is 35.9 Å². The molecule has 17 heavy (non-hydrogen) atoms. The lowest BCUT2D eigenvalue weighted by Gasteiger charge is -2.04. The quantitative estimate of drug-likeness (QED) is 0.877. The topological polar surface area (TPSA) is 26.0 Å². The van der Waals surface area contributed by atoms with Crippen molar-refractivity contribution in [1.29, 1.82) is 0 Å². The monoisotopic (exact) mass is 271 g/mol. The molecule has 0 saturated carbocycles. The van der Waals surface area contributed by atoms with E-state index in [0.29, 0.717) is 11.6 Å². The van der Waals surface area contributed by atoms with Crippen LogP contribution in [-0.4, -0.2) is 0 Å². The van der Waals surface area contributed by atoms with Gasteiger partial charge in [0.15, 0.2) is 0 Å². The first-order valence-corrected chi connectivity index (χ1v) is 5.32. The second kappa shape index (κ2) is 6.01. The first kappa shape index (κ1) is 14.0. The van der Waals surface area contributed by atoms with E-state index in [-0.39, 0.29) is 18.2 Å². The summed E-state index contributed by atoms with van der Waals surface area (Å²) in [5.41, 5.74) is 8.25. The van der Waals surface area contributed by atoms with E-state index in [0.717, 1.165) is 16.7 Å². The molecule has 2 aromatic carbocycles. The van der Waals surface area contributed by atoms with Crippen molar-refractivity contribution < 1.29 is 4.39 Å². The SMILES string of the molecule is Cl.NCc1ccc(-c2cc(F)cc(Cl)c2)cc1. The molecule has 1 nitrogen and oxygen atoms in total. The summed E-state index contributed by atoms with van der Waals surface area (Å²) in [4.78, 5) is 0. The molecular formula is C13H12Cl2FN. The minimum absolute atomic E-state index is 0. The van der Waals surface area contributed by atoms with Crippen molar-refractivity contribution in [2.75, 3.05) is 0 Å². The Labute approximate surface area is 111 Å². The molecule has 2 N–H and O–H groups in total. The molecule has 0 unspecified atom stereocenters. The average Bonchev–Trinajstić information content (AvgIpc) is 2.28. The van der Waals surface area contributed by atoms with Crippen LogP contribution in [0.3, 0.4) is 0 Å². The third-order valence-corrected chi connectivity index (χ3v) is 2.60. The molecule has 0 saturated heterocycles. The van der Waals surface area contributed by atoms with Crippen LogP contribution in [0, 0.1) is 5.82 Å². The maximum absolute atomic E-state index is 13.2. The van der Waals surface area contributed by atoms with Crippen LogP contribution in [0.15, 0.2) is 42.5 Å². The second-order valence-corrected chi connectivity index (χ2v) is 4.00. The highest BCUT2D eigenvalue weighted by Crippen LogP contribution is 2.24. The van der Waals surface area contributed by atoms with Gasteiger partial charge in [-0.2, -0.15) is 0 Å². The lowest BCUT2D eigenvalue weighted by atomic mass is 10.0. The van der Waals surface area contributed by atoms with Gasteiger partial charge in [-0.3, -0.25) is 0 Å². The predicted molar refractivity (Wildman–Crippen MR) is 72.0 cm³/mol. The normalized spacial score (nSPS) is 9.82. The van der Waals surface area contributed by atoms with Gasteiger partial charge in [0.2, 0.25) is 0 Å². The van der Waals surface area contributed by atoms with Crippen LogP contribution in [-0.2, 0) is 6.54 Å². The molecule has 0 fully saturated rings. The average molecular weight is 272 g/mol. The summed E-state index contributed by atoms with van der Waals surface area (Å²) < 4.78 is 13.2. The number of nitrogens with two attached hydrogens (primary N) is 1. The summed E-state index contributed by atoms with van der Waals surface area (Å²) in [5.74, 6) is -0.328. The van der Waals surface area contributed by atoms with Crippen molar-refractivity contribution in [1.82, 2.24) is 0 Å². The zero-order valence-electron chi connectivity index (χ0n) is 8.99. The summed E-state index contributed by atoms with van der Waals surface area (Å²) in [7, 11) is 0. The van der Waals surface area contributed by atoms with Crippen LogP contribution in [0.25, 0.3) is 11.1 Å². The number of benzene rings is 2.